The number of carbonyl (C=O) groups is 1. The van der Waals surface area contributed by atoms with E-state index in [0.29, 0.717) is 32.1 Å². The molecule has 1 aromatic carbocycles. The summed E-state index contributed by atoms with van der Waals surface area (Å²) in [6, 6.07) is 4.06. The van der Waals surface area contributed by atoms with E-state index >= 15 is 0 Å². The van der Waals surface area contributed by atoms with Crippen molar-refractivity contribution in [3.8, 4) is 11.5 Å². The number of fused-ring (bicyclic) bond motifs is 3. The number of nitrogens with zero attached hydrogens (tertiary/aromatic N) is 1. The number of rotatable bonds is 7. The molecule has 2 aliphatic heterocycles. The highest BCUT2D eigenvalue weighted by atomic mass is 16.5. The third-order valence-electron chi connectivity index (χ3n) is 8.10. The van der Waals surface area contributed by atoms with Crippen molar-refractivity contribution in [3.05, 3.63) is 35.6 Å². The second-order valence-corrected chi connectivity index (χ2v) is 10.8. The van der Waals surface area contributed by atoms with Gasteiger partial charge in [0.2, 0.25) is 5.91 Å². The minimum absolute atomic E-state index is 0.0165. The molecule has 33 heavy (non-hydrogen) atoms. The third kappa shape index (κ3) is 5.08. The van der Waals surface area contributed by atoms with Crippen molar-refractivity contribution in [2.24, 2.45) is 11.8 Å². The molecule has 0 spiro atoms. The zero-order chi connectivity index (χ0) is 23.6. The lowest BCUT2D eigenvalue weighted by molar-refractivity contribution is -0.141. The first-order valence-corrected chi connectivity index (χ1v) is 12.9. The van der Waals surface area contributed by atoms with E-state index < -0.39 is 0 Å². The molecule has 5 nitrogen and oxygen atoms in total. The highest BCUT2D eigenvalue weighted by molar-refractivity contribution is 5.79. The highest BCUT2D eigenvalue weighted by Gasteiger charge is 2.43. The van der Waals surface area contributed by atoms with E-state index in [0.717, 1.165) is 48.3 Å². The summed E-state index contributed by atoms with van der Waals surface area (Å²) in [6.07, 6.45) is 8.45. The van der Waals surface area contributed by atoms with Crippen LogP contribution in [0.5, 0.6) is 11.5 Å². The van der Waals surface area contributed by atoms with Gasteiger partial charge in [-0.05, 0) is 48.8 Å². The van der Waals surface area contributed by atoms with E-state index in [-0.39, 0.29) is 29.1 Å². The maximum Gasteiger partial charge on any atom is 0.225 e. The number of ether oxygens (including phenoxy) is 2. The van der Waals surface area contributed by atoms with Crippen molar-refractivity contribution >= 4 is 5.91 Å². The largest absolute Gasteiger partial charge is 0.508 e. The van der Waals surface area contributed by atoms with E-state index in [4.69, 9.17) is 9.47 Å². The Morgan fingerprint density at radius 1 is 1.15 bits per heavy atom. The van der Waals surface area contributed by atoms with Crippen LogP contribution in [0.2, 0.25) is 0 Å². The van der Waals surface area contributed by atoms with Gasteiger partial charge in [0.1, 0.15) is 17.3 Å². The van der Waals surface area contributed by atoms with Crippen LogP contribution in [0.4, 0.5) is 0 Å². The number of morpholine rings is 1. The molecular weight excluding hydrogens is 414 g/mol. The number of hydrogen-bond acceptors (Lipinski definition) is 4. The smallest absolute Gasteiger partial charge is 0.225 e. The Balaban J connectivity index is 1.55. The van der Waals surface area contributed by atoms with Gasteiger partial charge in [-0.1, -0.05) is 53.0 Å². The van der Waals surface area contributed by atoms with E-state index in [9.17, 15) is 9.90 Å². The van der Waals surface area contributed by atoms with Crippen molar-refractivity contribution in [3.63, 3.8) is 0 Å². The van der Waals surface area contributed by atoms with Crippen LogP contribution in [0.25, 0.3) is 0 Å². The molecule has 1 saturated carbocycles. The van der Waals surface area contributed by atoms with E-state index in [2.05, 4.69) is 33.4 Å². The molecule has 1 saturated heterocycles. The van der Waals surface area contributed by atoms with E-state index in [1.54, 1.807) is 0 Å². The Morgan fingerprint density at radius 3 is 2.64 bits per heavy atom. The molecule has 1 amide bonds. The Bertz CT molecular complexity index is 871. The number of carbonyl (C=O) groups excluding carboxylic acids is 1. The van der Waals surface area contributed by atoms with Gasteiger partial charge in [0.05, 0.1) is 13.2 Å². The Hall–Kier alpha value is -2.01. The molecular formula is C28H41NO4. The molecule has 0 aromatic heterocycles. The number of unbranched alkanes of at least 4 members (excludes halogenated alkanes) is 3. The van der Waals surface area contributed by atoms with Gasteiger partial charge in [0, 0.05) is 36.4 Å². The maximum absolute atomic E-state index is 13.2. The van der Waals surface area contributed by atoms with Crippen molar-refractivity contribution in [1.82, 2.24) is 4.90 Å². The summed E-state index contributed by atoms with van der Waals surface area (Å²) < 4.78 is 11.6. The van der Waals surface area contributed by atoms with Crippen LogP contribution < -0.4 is 4.74 Å². The van der Waals surface area contributed by atoms with Gasteiger partial charge in [0.15, 0.2) is 0 Å². The normalized spacial score (nSPS) is 25.2. The molecule has 182 valence electrons. The molecule has 5 heteroatoms. The molecule has 1 N–H and O–H groups in total. The van der Waals surface area contributed by atoms with E-state index in [1.165, 1.54) is 25.7 Å². The first kappa shape index (κ1) is 24.1. The number of amides is 1. The fourth-order valence-corrected chi connectivity index (χ4v) is 5.96. The number of phenols is 1. The van der Waals surface area contributed by atoms with Crippen molar-refractivity contribution in [2.45, 2.75) is 83.5 Å². The predicted octanol–water partition coefficient (Wildman–Crippen LogP) is 5.91. The van der Waals surface area contributed by atoms with Gasteiger partial charge in [-0.25, -0.2) is 0 Å². The van der Waals surface area contributed by atoms with Gasteiger partial charge >= 0.3 is 0 Å². The molecule has 3 atom stereocenters. The Kier molecular flexibility index (Phi) is 7.37. The summed E-state index contributed by atoms with van der Waals surface area (Å²) in [5.41, 5.74) is 1.94. The van der Waals surface area contributed by atoms with Crippen molar-refractivity contribution in [1.29, 1.82) is 0 Å². The van der Waals surface area contributed by atoms with Crippen LogP contribution in [0.1, 0.15) is 89.2 Å². The quantitative estimate of drug-likeness (QED) is 0.520. The molecule has 2 heterocycles. The first-order valence-electron chi connectivity index (χ1n) is 12.9. The minimum atomic E-state index is -0.0385. The summed E-state index contributed by atoms with van der Waals surface area (Å²) in [7, 11) is 0. The van der Waals surface area contributed by atoms with Crippen molar-refractivity contribution < 1.29 is 19.4 Å². The number of aromatic hydroxyl groups is 1. The molecule has 4 rings (SSSR count). The van der Waals surface area contributed by atoms with Crippen LogP contribution >= 0.6 is 0 Å². The molecule has 0 bridgehead atoms. The summed E-state index contributed by atoms with van der Waals surface area (Å²) >= 11 is 0. The summed E-state index contributed by atoms with van der Waals surface area (Å²) in [6.45, 7) is 13.6. The molecule has 1 aromatic rings. The van der Waals surface area contributed by atoms with Crippen LogP contribution in [0.15, 0.2) is 24.5 Å². The fraction of sp³-hybridized carbons (Fsp3) is 0.679. The van der Waals surface area contributed by atoms with Gasteiger partial charge in [-0.3, -0.25) is 4.79 Å². The summed E-state index contributed by atoms with van der Waals surface area (Å²) in [5.74, 6) is 2.28. The molecule has 3 aliphatic rings. The lowest BCUT2D eigenvalue weighted by Crippen LogP contribution is -2.45. The number of benzene rings is 1. The lowest BCUT2D eigenvalue weighted by Gasteiger charge is -2.42. The monoisotopic (exact) mass is 455 g/mol. The Labute approximate surface area is 199 Å². The lowest BCUT2D eigenvalue weighted by atomic mass is 9.68. The SMILES string of the molecule is C=C1Oc2cc(C(C)(C)CCCCCC)cc(O)c2[C@@H]2C[C@H](C(=O)N3CCOCC3)CC[C@@H]12. The van der Waals surface area contributed by atoms with Crippen LogP contribution in [-0.4, -0.2) is 42.2 Å². The topological polar surface area (TPSA) is 59.0 Å². The first-order chi connectivity index (χ1) is 15.8. The van der Waals surface area contributed by atoms with Gasteiger partial charge < -0.3 is 19.5 Å². The van der Waals surface area contributed by atoms with Gasteiger partial charge in [-0.2, -0.15) is 0 Å². The minimum Gasteiger partial charge on any atom is -0.508 e. The van der Waals surface area contributed by atoms with Gasteiger partial charge in [0.25, 0.3) is 0 Å². The van der Waals surface area contributed by atoms with Crippen molar-refractivity contribution in [2.75, 3.05) is 26.3 Å². The summed E-state index contributed by atoms with van der Waals surface area (Å²) in [5, 5.41) is 11.2. The highest BCUT2D eigenvalue weighted by Crippen LogP contribution is 2.54. The number of hydrogen-bond donors (Lipinski definition) is 1. The average molecular weight is 456 g/mol. The molecule has 0 unspecified atom stereocenters. The van der Waals surface area contributed by atoms with Crippen LogP contribution in [0.3, 0.4) is 0 Å². The molecule has 0 radical (unpaired) electrons. The summed E-state index contributed by atoms with van der Waals surface area (Å²) in [4.78, 5) is 15.1. The zero-order valence-electron chi connectivity index (χ0n) is 20.7. The maximum atomic E-state index is 13.2. The second-order valence-electron chi connectivity index (χ2n) is 10.8. The molecule has 2 fully saturated rings. The average Bonchev–Trinajstić information content (AvgIpc) is 2.81. The Morgan fingerprint density at radius 2 is 1.91 bits per heavy atom. The predicted molar refractivity (Wildman–Crippen MR) is 131 cm³/mol. The zero-order valence-corrected chi connectivity index (χ0v) is 20.7. The number of allylic oxidation sites excluding steroid dienone is 1. The van der Waals surface area contributed by atoms with Gasteiger partial charge in [-0.15, -0.1) is 0 Å². The van der Waals surface area contributed by atoms with E-state index in [1.807, 2.05) is 11.0 Å². The van der Waals surface area contributed by atoms with Crippen LogP contribution in [0, 0.1) is 11.8 Å². The second kappa shape index (κ2) is 10.1. The fourth-order valence-electron chi connectivity index (χ4n) is 5.96. The number of phenolic OH excluding ortho intramolecular Hbond substituents is 1. The molecule has 1 aliphatic carbocycles. The standard InChI is InChI=1S/C28H41NO4/c1-5-6-7-8-11-28(3,4)21-17-24(30)26-23-16-20(27(31)29-12-14-32-15-13-29)9-10-22(23)19(2)33-25(26)18-21/h17-18,20,22-23,30H,2,5-16H2,1,3-4H3/t20-,22+,23-/m1/s1. The van der Waals surface area contributed by atoms with Crippen LogP contribution in [-0.2, 0) is 14.9 Å². The third-order valence-corrected chi connectivity index (χ3v) is 8.10.